The highest BCUT2D eigenvalue weighted by Crippen LogP contribution is 2.46. The Bertz CT molecular complexity index is 1230. The second-order valence-electron chi connectivity index (χ2n) is 7.48. The van der Waals surface area contributed by atoms with Gasteiger partial charge >= 0.3 is 12.1 Å². The van der Waals surface area contributed by atoms with Crippen LogP contribution >= 0.6 is 0 Å². The average Bonchev–Trinajstić information content (AvgIpc) is 2.81. The maximum Gasteiger partial charge on any atom is 0.416 e. The molecule has 7 nitrogen and oxygen atoms in total. The average molecular weight is 488 g/mol. The van der Waals surface area contributed by atoms with Crippen molar-refractivity contribution >= 4 is 5.97 Å². The predicted octanol–water partition coefficient (Wildman–Crippen LogP) is 4.94. The monoisotopic (exact) mass is 488 g/mol. The van der Waals surface area contributed by atoms with Crippen molar-refractivity contribution in [1.29, 1.82) is 5.26 Å². The van der Waals surface area contributed by atoms with Crippen LogP contribution in [0, 0.1) is 11.3 Å². The summed E-state index contributed by atoms with van der Waals surface area (Å²) < 4.78 is 61.3. The zero-order chi connectivity index (χ0) is 25.8. The number of nitriles is 1. The first-order chi connectivity index (χ1) is 16.6. The summed E-state index contributed by atoms with van der Waals surface area (Å²) in [4.78, 5) is 12.8. The fraction of sp³-hybridized carbons (Fsp3) is 0.280. The van der Waals surface area contributed by atoms with Crippen LogP contribution in [-0.4, -0.2) is 19.7 Å². The fourth-order valence-corrected chi connectivity index (χ4v) is 3.73. The van der Waals surface area contributed by atoms with Crippen LogP contribution in [-0.2, 0) is 27.1 Å². The predicted molar refractivity (Wildman–Crippen MR) is 119 cm³/mol. The van der Waals surface area contributed by atoms with Gasteiger partial charge in [0.05, 0.1) is 30.8 Å². The number of hydrogen-bond donors (Lipinski definition) is 1. The Morgan fingerprint density at radius 1 is 1.23 bits per heavy atom. The van der Waals surface area contributed by atoms with Crippen molar-refractivity contribution in [2.24, 2.45) is 5.73 Å². The van der Waals surface area contributed by atoms with E-state index in [1.165, 1.54) is 26.2 Å². The second-order valence-corrected chi connectivity index (χ2v) is 7.48. The highest BCUT2D eigenvalue weighted by atomic mass is 19.4. The van der Waals surface area contributed by atoms with Crippen LogP contribution in [0.1, 0.15) is 36.5 Å². The smallest absolute Gasteiger partial charge is 0.416 e. The maximum atomic E-state index is 13.1. The molecule has 1 aliphatic heterocycles. The number of benzene rings is 2. The number of para-hydroxylation sites is 1. The normalized spacial score (nSPS) is 15.9. The number of rotatable bonds is 7. The topological polar surface area (TPSA) is 104 Å². The third-order valence-corrected chi connectivity index (χ3v) is 5.28. The van der Waals surface area contributed by atoms with Crippen molar-refractivity contribution < 1.29 is 36.9 Å². The highest BCUT2D eigenvalue weighted by Gasteiger charge is 2.38. The Hall–Kier alpha value is -4.13. The van der Waals surface area contributed by atoms with E-state index in [0.29, 0.717) is 5.56 Å². The van der Waals surface area contributed by atoms with E-state index < -0.39 is 23.6 Å². The molecule has 184 valence electrons. The Labute approximate surface area is 200 Å². The number of carbonyl (C=O) groups is 1. The van der Waals surface area contributed by atoms with Crippen molar-refractivity contribution in [3.05, 3.63) is 81.9 Å². The molecule has 1 aliphatic rings. The molecule has 0 fully saturated rings. The van der Waals surface area contributed by atoms with E-state index in [2.05, 4.69) is 0 Å². The fourth-order valence-electron chi connectivity index (χ4n) is 3.73. The van der Waals surface area contributed by atoms with Gasteiger partial charge in [0.2, 0.25) is 5.88 Å². The molecule has 2 aromatic carbocycles. The van der Waals surface area contributed by atoms with Gasteiger partial charge in [-0.25, -0.2) is 4.79 Å². The lowest BCUT2D eigenvalue weighted by Gasteiger charge is -2.28. The van der Waals surface area contributed by atoms with E-state index in [-0.39, 0.29) is 53.1 Å². The molecule has 10 heteroatoms. The number of alkyl halides is 3. The summed E-state index contributed by atoms with van der Waals surface area (Å²) in [6.07, 6.45) is -4.51. The second kappa shape index (κ2) is 10.4. The van der Waals surface area contributed by atoms with Gasteiger partial charge in [0.1, 0.15) is 24.0 Å². The van der Waals surface area contributed by atoms with Gasteiger partial charge in [-0.1, -0.05) is 24.3 Å². The Balaban J connectivity index is 2.10. The van der Waals surface area contributed by atoms with Crippen LogP contribution in [0.2, 0.25) is 0 Å². The molecule has 1 atom stereocenters. The minimum atomic E-state index is -4.51. The number of halogens is 3. The zero-order valence-corrected chi connectivity index (χ0v) is 19.2. The summed E-state index contributed by atoms with van der Waals surface area (Å²) in [7, 11) is 1.39. The number of nitrogens with two attached hydrogens (primary N) is 1. The van der Waals surface area contributed by atoms with Gasteiger partial charge in [-0.15, -0.1) is 0 Å². The lowest BCUT2D eigenvalue weighted by molar-refractivity contribution is -0.139. The number of hydrogen-bond acceptors (Lipinski definition) is 7. The molecule has 0 amide bonds. The number of carbonyl (C=O) groups excluding carboxylic acids is 1. The maximum absolute atomic E-state index is 13.1. The molecule has 0 radical (unpaired) electrons. The van der Waals surface area contributed by atoms with Crippen LogP contribution in [0.4, 0.5) is 13.2 Å². The van der Waals surface area contributed by atoms with E-state index in [0.717, 1.165) is 12.1 Å². The summed E-state index contributed by atoms with van der Waals surface area (Å²) in [6.45, 7) is 3.00. The van der Waals surface area contributed by atoms with Crippen molar-refractivity contribution in [2.45, 2.75) is 32.5 Å². The van der Waals surface area contributed by atoms with E-state index in [4.69, 9.17) is 24.7 Å². The van der Waals surface area contributed by atoms with Gasteiger partial charge in [-0.2, -0.15) is 18.4 Å². The molecule has 0 saturated carbocycles. The Kier molecular flexibility index (Phi) is 7.59. The summed E-state index contributed by atoms with van der Waals surface area (Å²) in [5.41, 5.74) is 5.75. The lowest BCUT2D eigenvalue weighted by atomic mass is 9.82. The van der Waals surface area contributed by atoms with Crippen molar-refractivity contribution in [1.82, 2.24) is 0 Å². The lowest BCUT2D eigenvalue weighted by Crippen LogP contribution is -2.26. The van der Waals surface area contributed by atoms with Crippen LogP contribution in [0.15, 0.2) is 65.3 Å². The number of ether oxygens (including phenoxy) is 4. The van der Waals surface area contributed by atoms with E-state index in [1.807, 2.05) is 6.07 Å². The first-order valence-corrected chi connectivity index (χ1v) is 10.5. The number of esters is 1. The van der Waals surface area contributed by atoms with E-state index in [1.54, 1.807) is 25.1 Å². The van der Waals surface area contributed by atoms with Crippen molar-refractivity contribution in [3.8, 4) is 17.6 Å². The molecule has 0 aromatic heterocycles. The Morgan fingerprint density at radius 3 is 2.57 bits per heavy atom. The molecule has 35 heavy (non-hydrogen) atoms. The third-order valence-electron chi connectivity index (χ3n) is 5.28. The van der Waals surface area contributed by atoms with Crippen molar-refractivity contribution in [2.75, 3.05) is 13.7 Å². The van der Waals surface area contributed by atoms with Gasteiger partial charge in [-0.3, -0.25) is 0 Å². The van der Waals surface area contributed by atoms with Crippen LogP contribution in [0.3, 0.4) is 0 Å². The minimum absolute atomic E-state index is 0.0455. The standard InChI is InChI=1S/C25H23F3N2O5/c1-4-33-24(31)20-14(2)35-23(30)18(12-29)21(20)17-9-6-10-19(32-3)22(17)34-13-15-7-5-8-16(11-15)25(26,27)28/h5-11,21H,4,13,30H2,1-3H3. The van der Waals surface area contributed by atoms with Crippen LogP contribution in [0.5, 0.6) is 11.5 Å². The van der Waals surface area contributed by atoms with Crippen LogP contribution in [0.25, 0.3) is 0 Å². The molecular weight excluding hydrogens is 465 g/mol. The summed E-state index contributed by atoms with van der Waals surface area (Å²) >= 11 is 0. The zero-order valence-electron chi connectivity index (χ0n) is 19.2. The highest BCUT2D eigenvalue weighted by molar-refractivity contribution is 5.93. The van der Waals surface area contributed by atoms with Gasteiger partial charge in [0.25, 0.3) is 0 Å². The van der Waals surface area contributed by atoms with Gasteiger partial charge in [0, 0.05) is 5.56 Å². The SMILES string of the molecule is CCOC(=O)C1=C(C)OC(N)=C(C#N)C1c1cccc(OC)c1OCc1cccc(C(F)(F)F)c1. The number of nitrogens with zero attached hydrogens (tertiary/aromatic N) is 1. The van der Waals surface area contributed by atoms with Crippen molar-refractivity contribution in [3.63, 3.8) is 0 Å². The molecule has 2 N–H and O–H groups in total. The molecule has 0 bridgehead atoms. The van der Waals surface area contributed by atoms with Gasteiger partial charge in [0.15, 0.2) is 11.5 Å². The van der Waals surface area contributed by atoms with E-state index >= 15 is 0 Å². The molecular formula is C25H23F3N2O5. The van der Waals surface area contributed by atoms with E-state index in [9.17, 15) is 23.2 Å². The first-order valence-electron chi connectivity index (χ1n) is 10.5. The van der Waals surface area contributed by atoms with Gasteiger partial charge in [-0.05, 0) is 37.6 Å². The summed E-state index contributed by atoms with van der Waals surface area (Å²) in [5, 5.41) is 9.82. The molecule has 1 unspecified atom stereocenters. The first kappa shape index (κ1) is 25.5. The summed E-state index contributed by atoms with van der Waals surface area (Å²) in [6, 6.07) is 11.5. The minimum Gasteiger partial charge on any atom is -0.493 e. The van der Waals surface area contributed by atoms with Gasteiger partial charge < -0.3 is 24.7 Å². The third kappa shape index (κ3) is 5.35. The molecule has 1 heterocycles. The molecule has 3 rings (SSSR count). The molecule has 0 spiro atoms. The molecule has 0 saturated heterocycles. The number of methoxy groups -OCH3 is 1. The quantitative estimate of drug-likeness (QED) is 0.551. The number of allylic oxidation sites excluding steroid dienone is 2. The molecule has 2 aromatic rings. The molecule has 0 aliphatic carbocycles. The largest absolute Gasteiger partial charge is 0.493 e. The van der Waals surface area contributed by atoms with Crippen LogP contribution < -0.4 is 15.2 Å². The Morgan fingerprint density at radius 2 is 1.94 bits per heavy atom. The summed E-state index contributed by atoms with van der Waals surface area (Å²) in [5.74, 6) is -1.38.